The molecule has 2 amide bonds. The number of phenols is 1. The molecule has 0 radical (unpaired) electrons. The standard InChI is InChI=1S/C20H20ClN3O3/c21-17-5-3-16(4-6-17)20(27)24-11-9-15(10-12-24)19(26)23-22-13-14-1-7-18(25)8-2-14/h1-8,13,15,25H,9-12H2,(H,23,26)/b22-13-. The van der Waals surface area contributed by atoms with Crippen LogP contribution in [-0.4, -0.2) is 41.1 Å². The molecule has 1 saturated heterocycles. The van der Waals surface area contributed by atoms with Gasteiger partial charge >= 0.3 is 0 Å². The van der Waals surface area contributed by atoms with Crippen molar-refractivity contribution in [3.05, 3.63) is 64.7 Å². The van der Waals surface area contributed by atoms with Gasteiger partial charge < -0.3 is 10.0 Å². The SMILES string of the molecule is O=C(N/N=C\c1ccc(O)cc1)C1CCN(C(=O)c2ccc(Cl)cc2)CC1. The van der Waals surface area contributed by atoms with E-state index >= 15 is 0 Å². The summed E-state index contributed by atoms with van der Waals surface area (Å²) < 4.78 is 0. The van der Waals surface area contributed by atoms with Crippen molar-refractivity contribution in [1.82, 2.24) is 10.3 Å². The van der Waals surface area contributed by atoms with Gasteiger partial charge in [-0.25, -0.2) is 5.43 Å². The van der Waals surface area contributed by atoms with Crippen LogP contribution >= 0.6 is 11.6 Å². The number of amides is 2. The molecule has 1 aliphatic heterocycles. The fourth-order valence-electron chi connectivity index (χ4n) is 2.94. The van der Waals surface area contributed by atoms with Crippen molar-refractivity contribution in [2.75, 3.05) is 13.1 Å². The molecule has 140 valence electrons. The van der Waals surface area contributed by atoms with E-state index in [-0.39, 0.29) is 23.5 Å². The zero-order valence-electron chi connectivity index (χ0n) is 14.6. The number of benzene rings is 2. The Morgan fingerprint density at radius 3 is 2.33 bits per heavy atom. The first kappa shape index (κ1) is 18.9. The number of hydrogen-bond acceptors (Lipinski definition) is 4. The molecule has 6 nitrogen and oxygen atoms in total. The van der Waals surface area contributed by atoms with Gasteiger partial charge in [0.1, 0.15) is 5.75 Å². The van der Waals surface area contributed by atoms with Crippen LogP contribution in [0.1, 0.15) is 28.8 Å². The van der Waals surface area contributed by atoms with Crippen LogP contribution in [0.2, 0.25) is 5.02 Å². The predicted molar refractivity (Wildman–Crippen MR) is 104 cm³/mol. The molecule has 2 aromatic rings. The number of nitrogens with one attached hydrogen (secondary N) is 1. The zero-order chi connectivity index (χ0) is 19.2. The average Bonchev–Trinajstić information content (AvgIpc) is 2.69. The number of rotatable bonds is 4. The number of phenolic OH excluding ortho intramolecular Hbond substituents is 1. The third-order valence-corrected chi connectivity index (χ3v) is 4.78. The van der Waals surface area contributed by atoms with Gasteiger partial charge in [0.2, 0.25) is 5.91 Å². The van der Waals surface area contributed by atoms with Crippen molar-refractivity contribution in [2.24, 2.45) is 11.0 Å². The Hall–Kier alpha value is -2.86. The van der Waals surface area contributed by atoms with Gasteiger partial charge in [0.05, 0.1) is 6.21 Å². The quantitative estimate of drug-likeness (QED) is 0.626. The molecule has 0 atom stereocenters. The number of aromatic hydroxyl groups is 1. The van der Waals surface area contributed by atoms with Crippen LogP contribution in [0.15, 0.2) is 53.6 Å². The van der Waals surface area contributed by atoms with E-state index in [1.807, 2.05) is 0 Å². The molecule has 1 heterocycles. The molecule has 3 rings (SSSR count). The maximum Gasteiger partial charge on any atom is 0.253 e. The Morgan fingerprint density at radius 1 is 1.07 bits per heavy atom. The molecule has 0 saturated carbocycles. The molecule has 0 aliphatic carbocycles. The summed E-state index contributed by atoms with van der Waals surface area (Å²) in [5.41, 5.74) is 3.92. The van der Waals surface area contributed by atoms with Gasteiger partial charge in [-0.1, -0.05) is 11.6 Å². The van der Waals surface area contributed by atoms with Crippen LogP contribution in [0.25, 0.3) is 0 Å². The summed E-state index contributed by atoms with van der Waals surface area (Å²) in [4.78, 5) is 26.5. The van der Waals surface area contributed by atoms with Gasteiger partial charge in [0.15, 0.2) is 0 Å². The molecule has 2 aromatic carbocycles. The van der Waals surface area contributed by atoms with E-state index in [9.17, 15) is 14.7 Å². The first-order chi connectivity index (χ1) is 13.0. The van der Waals surface area contributed by atoms with Crippen LogP contribution in [0.5, 0.6) is 5.75 Å². The molecule has 7 heteroatoms. The zero-order valence-corrected chi connectivity index (χ0v) is 15.4. The monoisotopic (exact) mass is 385 g/mol. The van der Waals surface area contributed by atoms with Gasteiger partial charge in [0.25, 0.3) is 5.91 Å². The normalized spacial score (nSPS) is 15.1. The van der Waals surface area contributed by atoms with Crippen molar-refractivity contribution < 1.29 is 14.7 Å². The lowest BCUT2D eigenvalue weighted by molar-refractivity contribution is -0.126. The predicted octanol–water partition coefficient (Wildman–Crippen LogP) is 3.05. The largest absolute Gasteiger partial charge is 0.508 e. The van der Waals surface area contributed by atoms with Crippen LogP contribution in [0, 0.1) is 5.92 Å². The Kier molecular flexibility index (Phi) is 6.08. The number of nitrogens with zero attached hydrogens (tertiary/aromatic N) is 2. The van der Waals surface area contributed by atoms with Crippen molar-refractivity contribution >= 4 is 29.6 Å². The van der Waals surface area contributed by atoms with E-state index in [1.165, 1.54) is 6.21 Å². The number of piperidine rings is 1. The molecule has 1 aliphatic rings. The summed E-state index contributed by atoms with van der Waals surface area (Å²) in [7, 11) is 0. The van der Waals surface area contributed by atoms with Gasteiger partial charge in [-0.15, -0.1) is 0 Å². The highest BCUT2D eigenvalue weighted by atomic mass is 35.5. The van der Waals surface area contributed by atoms with Crippen molar-refractivity contribution in [3.8, 4) is 5.75 Å². The van der Waals surface area contributed by atoms with Gasteiger partial charge in [-0.2, -0.15) is 5.10 Å². The molecule has 0 aromatic heterocycles. The number of hydrazone groups is 1. The highest BCUT2D eigenvalue weighted by Crippen LogP contribution is 2.20. The van der Waals surface area contributed by atoms with E-state index in [0.717, 1.165) is 5.56 Å². The summed E-state index contributed by atoms with van der Waals surface area (Å²) in [6, 6.07) is 13.3. The Labute approximate surface area is 162 Å². The van der Waals surface area contributed by atoms with Crippen LogP contribution in [-0.2, 0) is 4.79 Å². The summed E-state index contributed by atoms with van der Waals surface area (Å²) in [5, 5.41) is 13.8. The fraction of sp³-hybridized carbons (Fsp3) is 0.250. The molecule has 0 unspecified atom stereocenters. The van der Waals surface area contributed by atoms with Crippen LogP contribution in [0.4, 0.5) is 0 Å². The molecular formula is C20H20ClN3O3. The lowest BCUT2D eigenvalue weighted by Crippen LogP contribution is -2.42. The van der Waals surface area contributed by atoms with E-state index in [0.29, 0.717) is 36.5 Å². The Bertz CT molecular complexity index is 827. The Balaban J connectivity index is 1.48. The van der Waals surface area contributed by atoms with Crippen LogP contribution < -0.4 is 5.43 Å². The highest BCUT2D eigenvalue weighted by Gasteiger charge is 2.27. The molecule has 27 heavy (non-hydrogen) atoms. The third kappa shape index (κ3) is 5.08. The second kappa shape index (κ2) is 8.68. The van der Waals surface area contributed by atoms with Gasteiger partial charge in [-0.3, -0.25) is 9.59 Å². The van der Waals surface area contributed by atoms with E-state index in [2.05, 4.69) is 10.5 Å². The average molecular weight is 386 g/mol. The molecule has 1 fully saturated rings. The Morgan fingerprint density at radius 2 is 1.70 bits per heavy atom. The van der Waals surface area contributed by atoms with Crippen molar-refractivity contribution in [2.45, 2.75) is 12.8 Å². The van der Waals surface area contributed by atoms with Gasteiger partial charge in [0, 0.05) is 29.6 Å². The molecular weight excluding hydrogens is 366 g/mol. The summed E-state index contributed by atoms with van der Waals surface area (Å²) in [6.07, 6.45) is 2.72. The number of likely N-dealkylation sites (tertiary alicyclic amines) is 1. The molecule has 0 spiro atoms. The summed E-state index contributed by atoms with van der Waals surface area (Å²) in [5.74, 6) is -0.188. The minimum atomic E-state index is -0.170. The number of carbonyl (C=O) groups excluding carboxylic acids is 2. The van der Waals surface area contributed by atoms with E-state index < -0.39 is 0 Å². The lowest BCUT2D eigenvalue weighted by Gasteiger charge is -2.31. The van der Waals surface area contributed by atoms with Gasteiger partial charge in [-0.05, 0) is 66.9 Å². The second-order valence-electron chi connectivity index (χ2n) is 6.40. The van der Waals surface area contributed by atoms with E-state index in [4.69, 9.17) is 11.6 Å². The van der Waals surface area contributed by atoms with E-state index in [1.54, 1.807) is 53.4 Å². The smallest absolute Gasteiger partial charge is 0.253 e. The number of carbonyl (C=O) groups is 2. The molecule has 2 N–H and O–H groups in total. The second-order valence-corrected chi connectivity index (χ2v) is 6.84. The first-order valence-electron chi connectivity index (χ1n) is 8.70. The first-order valence-corrected chi connectivity index (χ1v) is 9.07. The maximum atomic E-state index is 12.5. The minimum Gasteiger partial charge on any atom is -0.508 e. The van der Waals surface area contributed by atoms with Crippen molar-refractivity contribution in [1.29, 1.82) is 0 Å². The fourth-order valence-corrected chi connectivity index (χ4v) is 3.07. The minimum absolute atomic E-state index is 0.0455. The third-order valence-electron chi connectivity index (χ3n) is 4.53. The van der Waals surface area contributed by atoms with Crippen molar-refractivity contribution in [3.63, 3.8) is 0 Å². The summed E-state index contributed by atoms with van der Waals surface area (Å²) in [6.45, 7) is 1.06. The lowest BCUT2D eigenvalue weighted by atomic mass is 9.95. The topological polar surface area (TPSA) is 82.0 Å². The maximum absolute atomic E-state index is 12.5. The van der Waals surface area contributed by atoms with Crippen LogP contribution in [0.3, 0.4) is 0 Å². The highest BCUT2D eigenvalue weighted by molar-refractivity contribution is 6.30. The summed E-state index contributed by atoms with van der Waals surface area (Å²) >= 11 is 5.85. The molecule has 0 bridgehead atoms. The number of halogens is 1. The number of hydrogen-bond donors (Lipinski definition) is 2.